The van der Waals surface area contributed by atoms with Gasteiger partial charge in [-0.3, -0.25) is 4.79 Å². The molecular formula is C14H21N3O. The minimum atomic E-state index is 0.131. The van der Waals surface area contributed by atoms with Gasteiger partial charge in [0.15, 0.2) is 0 Å². The topological polar surface area (TPSA) is 46.9 Å². The number of allylic oxidation sites excluding steroid dienone is 2. The van der Waals surface area contributed by atoms with E-state index in [1.165, 1.54) is 0 Å². The van der Waals surface area contributed by atoms with Gasteiger partial charge in [-0.1, -0.05) is 26.0 Å². The molecule has 1 aliphatic carbocycles. The van der Waals surface area contributed by atoms with E-state index in [1.54, 1.807) is 0 Å². The summed E-state index contributed by atoms with van der Waals surface area (Å²) in [6, 6.07) is 0. The third-order valence-corrected chi connectivity index (χ3v) is 3.18. The van der Waals surface area contributed by atoms with Crippen molar-refractivity contribution in [2.24, 2.45) is 11.8 Å². The van der Waals surface area contributed by atoms with Crippen LogP contribution in [0.3, 0.4) is 0 Å². The van der Waals surface area contributed by atoms with Crippen molar-refractivity contribution in [3.05, 3.63) is 30.4 Å². The number of rotatable bonds is 5. The van der Waals surface area contributed by atoms with Gasteiger partial charge in [0.1, 0.15) is 0 Å². The van der Waals surface area contributed by atoms with Crippen LogP contribution < -0.4 is 5.32 Å². The Kier molecular flexibility index (Phi) is 4.18. The molecule has 0 saturated heterocycles. The average molecular weight is 247 g/mol. The van der Waals surface area contributed by atoms with Gasteiger partial charge in [0.2, 0.25) is 5.91 Å². The second-order valence-electron chi connectivity index (χ2n) is 5.29. The zero-order chi connectivity index (χ0) is 13.0. The molecule has 4 heteroatoms. The number of carbonyl (C=O) groups excluding carboxylic acids is 1. The molecule has 2 rings (SSSR count). The largest absolute Gasteiger partial charge is 0.350 e. The highest BCUT2D eigenvalue weighted by Crippen LogP contribution is 2.17. The van der Waals surface area contributed by atoms with Gasteiger partial charge in [0.05, 0.1) is 18.6 Å². The van der Waals surface area contributed by atoms with Gasteiger partial charge in [-0.2, -0.15) is 0 Å². The van der Waals surface area contributed by atoms with Crippen LogP contribution in [0.1, 0.15) is 32.4 Å². The maximum atomic E-state index is 11.9. The highest BCUT2D eigenvalue weighted by Gasteiger charge is 2.18. The predicted octanol–water partition coefficient (Wildman–Crippen LogP) is 2.12. The molecule has 0 aromatic carbocycles. The van der Waals surface area contributed by atoms with Crippen LogP contribution in [0, 0.1) is 11.8 Å². The zero-order valence-corrected chi connectivity index (χ0v) is 11.1. The van der Waals surface area contributed by atoms with Crippen LogP contribution in [0.5, 0.6) is 0 Å². The summed E-state index contributed by atoms with van der Waals surface area (Å²) in [5, 5.41) is 3.00. The first-order chi connectivity index (χ1) is 8.66. The average Bonchev–Trinajstić information content (AvgIpc) is 2.95. The molecule has 0 unspecified atom stereocenters. The van der Waals surface area contributed by atoms with E-state index in [1.807, 2.05) is 12.5 Å². The molecule has 0 aliphatic heterocycles. The van der Waals surface area contributed by atoms with Crippen LogP contribution in [-0.4, -0.2) is 15.5 Å². The molecule has 0 saturated carbocycles. The van der Waals surface area contributed by atoms with Crippen molar-refractivity contribution in [2.75, 3.05) is 0 Å². The lowest BCUT2D eigenvalue weighted by Crippen LogP contribution is -2.29. The third kappa shape index (κ3) is 3.22. The molecule has 1 aromatic rings. The van der Waals surface area contributed by atoms with Gasteiger partial charge in [0.25, 0.3) is 0 Å². The lowest BCUT2D eigenvalue weighted by atomic mass is 10.1. The number of hydrogen-bond acceptors (Lipinski definition) is 2. The molecule has 18 heavy (non-hydrogen) atoms. The van der Waals surface area contributed by atoms with Gasteiger partial charge in [-0.05, 0) is 18.8 Å². The number of hydrogen-bond donors (Lipinski definition) is 1. The molecule has 1 aliphatic rings. The van der Waals surface area contributed by atoms with Gasteiger partial charge < -0.3 is 9.88 Å². The van der Waals surface area contributed by atoms with E-state index in [0.29, 0.717) is 12.5 Å². The summed E-state index contributed by atoms with van der Waals surface area (Å²) in [6.07, 6.45) is 9.56. The molecule has 1 N–H and O–H groups in total. The summed E-state index contributed by atoms with van der Waals surface area (Å²) in [6.45, 7) is 5.86. The van der Waals surface area contributed by atoms with Crippen LogP contribution >= 0.6 is 0 Å². The van der Waals surface area contributed by atoms with Crippen molar-refractivity contribution in [1.82, 2.24) is 14.9 Å². The molecule has 0 fully saturated rings. The SMILES string of the molecule is CC(C)Cn1cncc1CNC(=O)C1CC=CC1. The van der Waals surface area contributed by atoms with E-state index in [2.05, 4.69) is 40.9 Å². The number of aromatic nitrogens is 2. The lowest BCUT2D eigenvalue weighted by Gasteiger charge is -2.13. The molecule has 1 amide bonds. The molecule has 0 radical (unpaired) electrons. The smallest absolute Gasteiger partial charge is 0.224 e. The van der Waals surface area contributed by atoms with Crippen LogP contribution in [0.15, 0.2) is 24.7 Å². The van der Waals surface area contributed by atoms with Gasteiger partial charge in [-0.15, -0.1) is 0 Å². The number of imidazole rings is 1. The molecule has 0 spiro atoms. The third-order valence-electron chi connectivity index (χ3n) is 3.18. The number of nitrogens with one attached hydrogen (secondary N) is 1. The van der Waals surface area contributed by atoms with Crippen LogP contribution in [0.2, 0.25) is 0 Å². The summed E-state index contributed by atoms with van der Waals surface area (Å²) in [5.41, 5.74) is 1.07. The minimum absolute atomic E-state index is 0.131. The van der Waals surface area contributed by atoms with Gasteiger partial charge >= 0.3 is 0 Å². The van der Waals surface area contributed by atoms with Crippen molar-refractivity contribution < 1.29 is 4.79 Å². The molecule has 0 atom stereocenters. The summed E-state index contributed by atoms with van der Waals surface area (Å²) < 4.78 is 2.11. The zero-order valence-electron chi connectivity index (χ0n) is 11.1. The van der Waals surface area contributed by atoms with Crippen LogP contribution in [0.25, 0.3) is 0 Å². The summed E-state index contributed by atoms with van der Waals surface area (Å²) in [7, 11) is 0. The van der Waals surface area contributed by atoms with E-state index >= 15 is 0 Å². The molecule has 4 nitrogen and oxygen atoms in total. The minimum Gasteiger partial charge on any atom is -0.350 e. The second-order valence-corrected chi connectivity index (χ2v) is 5.29. The molecule has 0 bridgehead atoms. The highest BCUT2D eigenvalue weighted by atomic mass is 16.1. The molecule has 98 valence electrons. The summed E-state index contributed by atoms with van der Waals surface area (Å²) in [5.74, 6) is 0.858. The first-order valence-electron chi connectivity index (χ1n) is 6.58. The maximum absolute atomic E-state index is 11.9. The summed E-state index contributed by atoms with van der Waals surface area (Å²) >= 11 is 0. The first-order valence-corrected chi connectivity index (χ1v) is 6.58. The Labute approximate surface area is 108 Å². The quantitative estimate of drug-likeness (QED) is 0.810. The Morgan fingerprint density at radius 3 is 2.89 bits per heavy atom. The lowest BCUT2D eigenvalue weighted by molar-refractivity contribution is -0.124. The van der Waals surface area contributed by atoms with Crippen LogP contribution in [0.4, 0.5) is 0 Å². The normalized spacial score (nSPS) is 15.5. The van der Waals surface area contributed by atoms with Crippen LogP contribution in [-0.2, 0) is 17.9 Å². The Morgan fingerprint density at radius 1 is 1.50 bits per heavy atom. The Morgan fingerprint density at radius 2 is 2.22 bits per heavy atom. The fraction of sp³-hybridized carbons (Fsp3) is 0.571. The predicted molar refractivity (Wildman–Crippen MR) is 70.8 cm³/mol. The molecule has 1 aromatic heterocycles. The van der Waals surface area contributed by atoms with E-state index in [9.17, 15) is 4.79 Å². The van der Waals surface area contributed by atoms with E-state index in [4.69, 9.17) is 0 Å². The fourth-order valence-electron chi connectivity index (χ4n) is 2.21. The van der Waals surface area contributed by atoms with Crippen molar-refractivity contribution in [2.45, 2.75) is 39.8 Å². The van der Waals surface area contributed by atoms with Crippen molar-refractivity contribution in [3.8, 4) is 0 Å². The fourth-order valence-corrected chi connectivity index (χ4v) is 2.21. The number of amides is 1. The van der Waals surface area contributed by atoms with Crippen molar-refractivity contribution in [3.63, 3.8) is 0 Å². The Balaban J connectivity index is 1.86. The number of carbonyl (C=O) groups is 1. The Hall–Kier alpha value is -1.58. The second kappa shape index (κ2) is 5.85. The maximum Gasteiger partial charge on any atom is 0.224 e. The van der Waals surface area contributed by atoms with Gasteiger partial charge in [-0.25, -0.2) is 4.98 Å². The highest BCUT2D eigenvalue weighted by molar-refractivity contribution is 5.79. The first kappa shape index (κ1) is 12.9. The molecular weight excluding hydrogens is 226 g/mol. The van der Waals surface area contributed by atoms with E-state index in [-0.39, 0.29) is 11.8 Å². The van der Waals surface area contributed by atoms with Gasteiger partial charge in [0, 0.05) is 18.7 Å². The van der Waals surface area contributed by atoms with E-state index < -0.39 is 0 Å². The molecule has 1 heterocycles. The number of nitrogens with zero attached hydrogens (tertiary/aromatic N) is 2. The van der Waals surface area contributed by atoms with Crippen molar-refractivity contribution in [1.29, 1.82) is 0 Å². The van der Waals surface area contributed by atoms with Crippen molar-refractivity contribution >= 4 is 5.91 Å². The Bertz CT molecular complexity index is 426. The monoisotopic (exact) mass is 247 g/mol. The standard InChI is InChI=1S/C14H21N3O/c1-11(2)9-17-10-15-7-13(17)8-16-14(18)12-5-3-4-6-12/h3-4,7,10-12H,5-6,8-9H2,1-2H3,(H,16,18). The summed E-state index contributed by atoms with van der Waals surface area (Å²) in [4.78, 5) is 16.0. The van der Waals surface area contributed by atoms with E-state index in [0.717, 1.165) is 25.1 Å².